The molecule has 0 unspecified atom stereocenters. The van der Waals surface area contributed by atoms with Crippen LogP contribution < -0.4 is 5.32 Å². The number of carbonyl (C=O) groups excluding carboxylic acids is 2. The number of amides is 1. The molecule has 1 heterocycles. The first-order valence-corrected chi connectivity index (χ1v) is 8.71. The number of rotatable bonds is 5. The lowest BCUT2D eigenvalue weighted by molar-refractivity contribution is -0.117. The van der Waals surface area contributed by atoms with E-state index in [2.05, 4.69) is 10.4 Å². The highest BCUT2D eigenvalue weighted by atomic mass is 19.2. The minimum absolute atomic E-state index is 0.221. The van der Waals surface area contributed by atoms with Gasteiger partial charge in [-0.3, -0.25) is 9.59 Å². The molecular weight excluding hydrogens is 364 g/mol. The summed E-state index contributed by atoms with van der Waals surface area (Å²) in [5.41, 5.74) is 2.33. The summed E-state index contributed by atoms with van der Waals surface area (Å²) in [4.78, 5) is 25.2. The van der Waals surface area contributed by atoms with Crippen LogP contribution in [-0.4, -0.2) is 21.5 Å². The second-order valence-corrected chi connectivity index (χ2v) is 6.49. The number of nitrogens with one attached hydrogen (secondary N) is 1. The minimum atomic E-state index is -1.01. The standard InChI is InChI=1S/C21H19F2N3O2/c1-12(15-9-10-17(22)18(23)11-15)24-21(28)20(27)19-13(2)25-26(14(19)3)16-7-5-4-6-8-16/h4-12H,1-3H3,(H,24,28)/t12-/m1/s1. The predicted octanol–water partition coefficient (Wildman–Crippen LogP) is 3.83. The first kappa shape index (κ1) is 19.4. The van der Waals surface area contributed by atoms with Gasteiger partial charge < -0.3 is 5.32 Å². The van der Waals surface area contributed by atoms with Gasteiger partial charge >= 0.3 is 0 Å². The van der Waals surface area contributed by atoms with Crippen molar-refractivity contribution >= 4 is 11.7 Å². The summed E-state index contributed by atoms with van der Waals surface area (Å²) < 4.78 is 28.1. The molecule has 1 amide bonds. The molecule has 1 N–H and O–H groups in total. The summed E-state index contributed by atoms with van der Waals surface area (Å²) in [5, 5.41) is 6.90. The highest BCUT2D eigenvalue weighted by molar-refractivity contribution is 6.43. The Kier molecular flexibility index (Phi) is 5.35. The van der Waals surface area contributed by atoms with Crippen LogP contribution in [0.25, 0.3) is 5.69 Å². The smallest absolute Gasteiger partial charge is 0.293 e. The van der Waals surface area contributed by atoms with E-state index in [-0.39, 0.29) is 5.56 Å². The number of benzene rings is 2. The molecule has 0 radical (unpaired) electrons. The van der Waals surface area contributed by atoms with Gasteiger partial charge in [0.2, 0.25) is 0 Å². The zero-order valence-electron chi connectivity index (χ0n) is 15.7. The Balaban J connectivity index is 1.83. The molecule has 144 valence electrons. The Labute approximate surface area is 161 Å². The summed E-state index contributed by atoms with van der Waals surface area (Å²) in [6.45, 7) is 4.96. The van der Waals surface area contributed by atoms with Gasteiger partial charge in [0.15, 0.2) is 11.6 Å². The second kappa shape index (κ2) is 7.72. The molecule has 28 heavy (non-hydrogen) atoms. The molecule has 1 aromatic heterocycles. The van der Waals surface area contributed by atoms with Crippen molar-refractivity contribution in [2.75, 3.05) is 0 Å². The van der Waals surface area contributed by atoms with Gasteiger partial charge in [-0.1, -0.05) is 24.3 Å². The quantitative estimate of drug-likeness (QED) is 0.538. The van der Waals surface area contributed by atoms with Crippen LogP contribution in [0.15, 0.2) is 48.5 Å². The molecule has 2 aromatic carbocycles. The number of para-hydroxylation sites is 1. The van der Waals surface area contributed by atoms with E-state index in [0.29, 0.717) is 17.0 Å². The maximum atomic E-state index is 13.4. The molecule has 0 fully saturated rings. The fraction of sp³-hybridized carbons (Fsp3) is 0.190. The number of hydrogen-bond donors (Lipinski definition) is 1. The first-order chi connectivity index (χ1) is 13.3. The van der Waals surface area contributed by atoms with Crippen molar-refractivity contribution in [3.63, 3.8) is 0 Å². The molecule has 0 spiro atoms. The van der Waals surface area contributed by atoms with Crippen LogP contribution in [-0.2, 0) is 4.79 Å². The van der Waals surface area contributed by atoms with Crippen LogP contribution in [0.2, 0.25) is 0 Å². The van der Waals surface area contributed by atoms with E-state index in [1.807, 2.05) is 30.3 Å². The number of nitrogens with zero attached hydrogens (tertiary/aromatic N) is 2. The number of aryl methyl sites for hydroxylation is 1. The van der Waals surface area contributed by atoms with E-state index >= 15 is 0 Å². The van der Waals surface area contributed by atoms with E-state index in [4.69, 9.17) is 0 Å². The molecular formula is C21H19F2N3O2. The van der Waals surface area contributed by atoms with Crippen molar-refractivity contribution in [3.8, 4) is 5.69 Å². The number of hydrogen-bond acceptors (Lipinski definition) is 3. The molecule has 0 aliphatic heterocycles. The minimum Gasteiger partial charge on any atom is -0.343 e. The zero-order chi connectivity index (χ0) is 20.4. The van der Waals surface area contributed by atoms with E-state index in [9.17, 15) is 18.4 Å². The van der Waals surface area contributed by atoms with Gasteiger partial charge in [0.05, 0.1) is 28.7 Å². The molecule has 0 bridgehead atoms. The van der Waals surface area contributed by atoms with Crippen LogP contribution in [0, 0.1) is 25.5 Å². The third-order valence-electron chi connectivity index (χ3n) is 4.52. The molecule has 3 aromatic rings. The topological polar surface area (TPSA) is 64.0 Å². The van der Waals surface area contributed by atoms with Gasteiger partial charge in [-0.05, 0) is 50.6 Å². The van der Waals surface area contributed by atoms with Crippen molar-refractivity contribution in [3.05, 3.63) is 82.7 Å². The summed E-state index contributed by atoms with van der Waals surface area (Å²) >= 11 is 0. The van der Waals surface area contributed by atoms with Crippen molar-refractivity contribution in [2.24, 2.45) is 0 Å². The van der Waals surface area contributed by atoms with Crippen LogP contribution in [0.3, 0.4) is 0 Å². The van der Waals surface area contributed by atoms with E-state index in [1.54, 1.807) is 25.5 Å². The Morgan fingerprint density at radius 3 is 2.36 bits per heavy atom. The fourth-order valence-electron chi connectivity index (χ4n) is 3.03. The zero-order valence-corrected chi connectivity index (χ0v) is 15.7. The number of aromatic nitrogens is 2. The predicted molar refractivity (Wildman–Crippen MR) is 100 cm³/mol. The highest BCUT2D eigenvalue weighted by Crippen LogP contribution is 2.20. The molecule has 7 heteroatoms. The SMILES string of the molecule is Cc1nn(-c2ccccc2)c(C)c1C(=O)C(=O)N[C@H](C)c1ccc(F)c(F)c1. The molecule has 0 saturated carbocycles. The van der Waals surface area contributed by atoms with Crippen molar-refractivity contribution in [2.45, 2.75) is 26.8 Å². The number of carbonyl (C=O) groups is 2. The van der Waals surface area contributed by atoms with Gasteiger partial charge in [0.1, 0.15) is 0 Å². The number of Topliss-reactive ketones (excluding diaryl/α,β-unsaturated/α-hetero) is 1. The number of ketones is 1. The van der Waals surface area contributed by atoms with Gasteiger partial charge in [-0.15, -0.1) is 0 Å². The van der Waals surface area contributed by atoms with E-state index in [1.165, 1.54) is 6.07 Å². The van der Waals surface area contributed by atoms with Crippen LogP contribution in [0.5, 0.6) is 0 Å². The van der Waals surface area contributed by atoms with Crippen molar-refractivity contribution in [1.29, 1.82) is 0 Å². The highest BCUT2D eigenvalue weighted by Gasteiger charge is 2.26. The Bertz CT molecular complexity index is 1050. The average molecular weight is 383 g/mol. The number of halogens is 2. The average Bonchev–Trinajstić information content (AvgIpc) is 2.98. The molecule has 5 nitrogen and oxygen atoms in total. The molecule has 1 atom stereocenters. The lowest BCUT2D eigenvalue weighted by Gasteiger charge is -2.14. The third kappa shape index (κ3) is 3.69. The van der Waals surface area contributed by atoms with Gasteiger partial charge in [0, 0.05) is 0 Å². The van der Waals surface area contributed by atoms with E-state index < -0.39 is 29.4 Å². The first-order valence-electron chi connectivity index (χ1n) is 8.71. The second-order valence-electron chi connectivity index (χ2n) is 6.49. The molecule has 0 aliphatic rings. The van der Waals surface area contributed by atoms with Gasteiger partial charge in [0.25, 0.3) is 11.7 Å². The fourth-order valence-corrected chi connectivity index (χ4v) is 3.03. The normalized spacial score (nSPS) is 11.9. The van der Waals surface area contributed by atoms with Crippen LogP contribution >= 0.6 is 0 Å². The van der Waals surface area contributed by atoms with E-state index in [0.717, 1.165) is 17.8 Å². The van der Waals surface area contributed by atoms with Gasteiger partial charge in [-0.2, -0.15) is 5.10 Å². The summed E-state index contributed by atoms with van der Waals surface area (Å²) in [7, 11) is 0. The van der Waals surface area contributed by atoms with Gasteiger partial charge in [-0.25, -0.2) is 13.5 Å². The molecule has 3 rings (SSSR count). The Morgan fingerprint density at radius 1 is 1.04 bits per heavy atom. The molecule has 0 saturated heterocycles. The summed E-state index contributed by atoms with van der Waals surface area (Å²) in [6, 6.07) is 11.9. The molecule has 0 aliphatic carbocycles. The van der Waals surface area contributed by atoms with Crippen molar-refractivity contribution < 1.29 is 18.4 Å². The summed E-state index contributed by atoms with van der Waals surface area (Å²) in [6.07, 6.45) is 0. The Morgan fingerprint density at radius 2 is 1.71 bits per heavy atom. The summed E-state index contributed by atoms with van der Waals surface area (Å²) in [5.74, 6) is -3.55. The maximum absolute atomic E-state index is 13.4. The lowest BCUT2D eigenvalue weighted by Crippen LogP contribution is -2.33. The van der Waals surface area contributed by atoms with Crippen LogP contribution in [0.4, 0.5) is 8.78 Å². The lowest BCUT2D eigenvalue weighted by atomic mass is 10.1. The maximum Gasteiger partial charge on any atom is 0.293 e. The largest absolute Gasteiger partial charge is 0.343 e. The Hall–Kier alpha value is -3.35. The van der Waals surface area contributed by atoms with Crippen molar-refractivity contribution in [1.82, 2.24) is 15.1 Å². The third-order valence-corrected chi connectivity index (χ3v) is 4.52. The van der Waals surface area contributed by atoms with Crippen LogP contribution in [0.1, 0.15) is 40.3 Å². The monoisotopic (exact) mass is 383 g/mol.